The van der Waals surface area contributed by atoms with E-state index in [1.807, 2.05) is 0 Å². The number of esters is 3. The molecule has 0 aromatic rings. The largest absolute Gasteiger partial charge is 0.462 e. The fourth-order valence-corrected chi connectivity index (χ4v) is 10.1. The van der Waals surface area contributed by atoms with E-state index >= 15 is 0 Å². The summed E-state index contributed by atoms with van der Waals surface area (Å²) in [6.45, 7) is 6.61. The van der Waals surface area contributed by atoms with Crippen LogP contribution in [0, 0.1) is 0 Å². The van der Waals surface area contributed by atoms with Crippen LogP contribution >= 0.6 is 0 Å². The fourth-order valence-electron chi connectivity index (χ4n) is 10.1. The molecule has 0 aliphatic heterocycles. The maximum absolute atomic E-state index is 12.9. The van der Waals surface area contributed by atoms with Crippen molar-refractivity contribution in [1.82, 2.24) is 0 Å². The molecule has 0 saturated carbocycles. The Morgan fingerprint density at radius 2 is 0.463 bits per heavy atom. The van der Waals surface area contributed by atoms with Crippen molar-refractivity contribution in [3.05, 3.63) is 72.9 Å². The molecule has 464 valence electrons. The summed E-state index contributed by atoms with van der Waals surface area (Å²) in [4.78, 5) is 38.4. The Morgan fingerprint density at radius 1 is 0.250 bits per heavy atom. The Balaban J connectivity index is 4.28. The van der Waals surface area contributed by atoms with Crippen molar-refractivity contribution in [2.45, 2.75) is 367 Å². The van der Waals surface area contributed by atoms with Crippen molar-refractivity contribution in [3.8, 4) is 0 Å². The van der Waals surface area contributed by atoms with E-state index in [9.17, 15) is 14.4 Å². The number of carbonyl (C=O) groups excluding carboxylic acids is 3. The van der Waals surface area contributed by atoms with Gasteiger partial charge in [-0.2, -0.15) is 0 Å². The number of allylic oxidation sites excluding steroid dienone is 12. The summed E-state index contributed by atoms with van der Waals surface area (Å²) in [5, 5.41) is 0. The standard InChI is InChI=1S/C74H132O6/c1-4-7-10-13-16-19-22-25-28-30-32-34-35-36-37-38-39-41-42-44-46-49-52-55-58-61-64-67-73(76)79-70-71(69-78-72(75)66-63-60-57-54-51-48-27-24-21-18-15-12-9-6-3)80-74(77)68-65-62-59-56-53-50-47-45-43-40-33-31-29-26-23-20-17-14-11-8-5-2/h15,18,22-27,30-33,71H,4-14,16-17,19-21,28-29,34-70H2,1-3H3/b18-15-,25-22-,26-23-,27-24-,32-30-,33-31-. The number of unbranched alkanes of at least 4 members (excludes halogenated alkanes) is 41. The molecular formula is C74H132O6. The average Bonchev–Trinajstić information content (AvgIpc) is 3.46. The van der Waals surface area contributed by atoms with Crippen LogP contribution < -0.4 is 0 Å². The van der Waals surface area contributed by atoms with E-state index in [-0.39, 0.29) is 31.1 Å². The van der Waals surface area contributed by atoms with Crippen LogP contribution in [-0.2, 0) is 28.6 Å². The lowest BCUT2D eigenvalue weighted by atomic mass is 10.0. The molecule has 0 radical (unpaired) electrons. The maximum atomic E-state index is 12.9. The van der Waals surface area contributed by atoms with Crippen molar-refractivity contribution in [2.24, 2.45) is 0 Å². The van der Waals surface area contributed by atoms with E-state index in [0.29, 0.717) is 19.3 Å². The highest BCUT2D eigenvalue weighted by atomic mass is 16.6. The highest BCUT2D eigenvalue weighted by Gasteiger charge is 2.19. The van der Waals surface area contributed by atoms with Gasteiger partial charge >= 0.3 is 17.9 Å². The number of hydrogen-bond acceptors (Lipinski definition) is 6. The third-order valence-electron chi connectivity index (χ3n) is 15.4. The van der Waals surface area contributed by atoms with Crippen molar-refractivity contribution < 1.29 is 28.6 Å². The molecule has 0 bridgehead atoms. The summed E-state index contributed by atoms with van der Waals surface area (Å²) < 4.78 is 17.0. The first-order valence-corrected chi connectivity index (χ1v) is 34.9. The van der Waals surface area contributed by atoms with E-state index in [1.54, 1.807) is 0 Å². The molecular weight excluding hydrogens is 985 g/mol. The van der Waals surface area contributed by atoms with Crippen LogP contribution in [0.5, 0.6) is 0 Å². The monoisotopic (exact) mass is 1120 g/mol. The molecule has 6 nitrogen and oxygen atoms in total. The zero-order valence-electron chi connectivity index (χ0n) is 53.3. The SMILES string of the molecule is CCCC/C=C\C/C=C\CCCCCCCC(=O)OCC(COC(=O)CCCCCCCCCCCCCCCCC/C=C\C/C=C\CCCCCCC)OC(=O)CCCCCCCCCCC/C=C\C/C=C\CCCCCCC. The lowest BCUT2D eigenvalue weighted by Crippen LogP contribution is -2.30. The average molecular weight is 1120 g/mol. The van der Waals surface area contributed by atoms with E-state index in [0.717, 1.165) is 89.9 Å². The summed E-state index contributed by atoms with van der Waals surface area (Å²) in [7, 11) is 0. The third-order valence-corrected chi connectivity index (χ3v) is 15.4. The summed E-state index contributed by atoms with van der Waals surface area (Å²) in [5.41, 5.74) is 0. The molecule has 0 aromatic carbocycles. The molecule has 0 aromatic heterocycles. The van der Waals surface area contributed by atoms with Crippen molar-refractivity contribution in [2.75, 3.05) is 13.2 Å². The number of ether oxygens (including phenoxy) is 3. The zero-order valence-corrected chi connectivity index (χ0v) is 53.3. The predicted molar refractivity (Wildman–Crippen MR) is 348 cm³/mol. The van der Waals surface area contributed by atoms with Gasteiger partial charge in [0.05, 0.1) is 0 Å². The van der Waals surface area contributed by atoms with Gasteiger partial charge in [0.15, 0.2) is 6.10 Å². The van der Waals surface area contributed by atoms with Gasteiger partial charge < -0.3 is 14.2 Å². The van der Waals surface area contributed by atoms with Crippen LogP contribution in [0.4, 0.5) is 0 Å². The molecule has 0 fully saturated rings. The summed E-state index contributed by atoms with van der Waals surface area (Å²) in [6.07, 6.45) is 89.2. The molecule has 1 unspecified atom stereocenters. The van der Waals surface area contributed by atoms with Crippen molar-refractivity contribution in [3.63, 3.8) is 0 Å². The number of hydrogen-bond donors (Lipinski definition) is 0. The molecule has 80 heavy (non-hydrogen) atoms. The lowest BCUT2D eigenvalue weighted by Gasteiger charge is -2.18. The minimum Gasteiger partial charge on any atom is -0.462 e. The molecule has 0 rings (SSSR count). The summed E-state index contributed by atoms with van der Waals surface area (Å²) in [5.74, 6) is -0.880. The van der Waals surface area contributed by atoms with Crippen LogP contribution in [0.1, 0.15) is 361 Å². The molecule has 0 amide bonds. The highest BCUT2D eigenvalue weighted by Crippen LogP contribution is 2.17. The summed E-state index contributed by atoms with van der Waals surface area (Å²) >= 11 is 0. The molecule has 0 N–H and O–H groups in total. The highest BCUT2D eigenvalue weighted by molar-refractivity contribution is 5.71. The summed E-state index contributed by atoms with van der Waals surface area (Å²) in [6, 6.07) is 0. The van der Waals surface area contributed by atoms with Gasteiger partial charge in [0, 0.05) is 19.3 Å². The van der Waals surface area contributed by atoms with E-state index in [2.05, 4.69) is 93.7 Å². The Kier molecular flexibility index (Phi) is 65.7. The smallest absolute Gasteiger partial charge is 0.306 e. The van der Waals surface area contributed by atoms with Crippen LogP contribution in [0.25, 0.3) is 0 Å². The second-order valence-electron chi connectivity index (χ2n) is 23.4. The third kappa shape index (κ3) is 65.7. The second-order valence-corrected chi connectivity index (χ2v) is 23.4. The minimum atomic E-state index is -0.785. The fraction of sp³-hybridized carbons (Fsp3) is 0.797. The Labute approximate surface area is 497 Å². The molecule has 1 atom stereocenters. The van der Waals surface area contributed by atoms with Crippen LogP contribution in [0.3, 0.4) is 0 Å². The van der Waals surface area contributed by atoms with Gasteiger partial charge in [-0.05, 0) is 109 Å². The quantitative estimate of drug-likeness (QED) is 0.0261. The Morgan fingerprint density at radius 3 is 0.725 bits per heavy atom. The van der Waals surface area contributed by atoms with Gasteiger partial charge in [0.25, 0.3) is 0 Å². The Bertz CT molecular complexity index is 1470. The van der Waals surface area contributed by atoms with Gasteiger partial charge in [-0.3, -0.25) is 14.4 Å². The maximum Gasteiger partial charge on any atom is 0.306 e. The predicted octanol–water partition coefficient (Wildman–Crippen LogP) is 24.1. The Hall–Kier alpha value is -3.15. The zero-order chi connectivity index (χ0) is 57.8. The second kappa shape index (κ2) is 68.3. The van der Waals surface area contributed by atoms with E-state index < -0.39 is 6.10 Å². The van der Waals surface area contributed by atoms with Crippen LogP contribution in [0.2, 0.25) is 0 Å². The topological polar surface area (TPSA) is 78.9 Å². The van der Waals surface area contributed by atoms with Crippen molar-refractivity contribution >= 4 is 17.9 Å². The molecule has 0 saturated heterocycles. The number of rotatable bonds is 64. The first-order valence-electron chi connectivity index (χ1n) is 34.9. The molecule has 0 aliphatic rings. The van der Waals surface area contributed by atoms with Crippen LogP contribution in [-0.4, -0.2) is 37.2 Å². The van der Waals surface area contributed by atoms with Gasteiger partial charge in [-0.1, -0.05) is 306 Å². The first kappa shape index (κ1) is 76.9. The van der Waals surface area contributed by atoms with Crippen LogP contribution in [0.15, 0.2) is 72.9 Å². The van der Waals surface area contributed by atoms with Gasteiger partial charge in [-0.15, -0.1) is 0 Å². The first-order chi connectivity index (χ1) is 39.5. The number of carbonyl (C=O) groups is 3. The molecule has 6 heteroatoms. The van der Waals surface area contributed by atoms with Gasteiger partial charge in [-0.25, -0.2) is 0 Å². The van der Waals surface area contributed by atoms with E-state index in [4.69, 9.17) is 14.2 Å². The lowest BCUT2D eigenvalue weighted by molar-refractivity contribution is -0.167. The molecule has 0 heterocycles. The normalized spacial score (nSPS) is 12.5. The van der Waals surface area contributed by atoms with Crippen molar-refractivity contribution in [1.29, 1.82) is 0 Å². The van der Waals surface area contributed by atoms with Gasteiger partial charge in [0.2, 0.25) is 0 Å². The van der Waals surface area contributed by atoms with E-state index in [1.165, 1.54) is 231 Å². The molecule has 0 aliphatic carbocycles. The van der Waals surface area contributed by atoms with Gasteiger partial charge in [0.1, 0.15) is 13.2 Å². The molecule has 0 spiro atoms. The minimum absolute atomic E-state index is 0.0793.